The van der Waals surface area contributed by atoms with E-state index < -0.39 is 0 Å². The third-order valence-corrected chi connectivity index (χ3v) is 5.70. The van der Waals surface area contributed by atoms with Gasteiger partial charge in [0.05, 0.1) is 0 Å². The minimum absolute atomic E-state index is 0.989. The monoisotopic (exact) mass is 356 g/mol. The zero-order chi connectivity index (χ0) is 19.9. The average molecular weight is 357 g/mol. The summed E-state index contributed by atoms with van der Waals surface area (Å²) in [6, 6.07) is 14.0. The maximum absolute atomic E-state index is 2.39. The van der Waals surface area contributed by atoms with Crippen molar-refractivity contribution in [1.29, 1.82) is 0 Å². The molecule has 0 atom stereocenters. The molecule has 0 aliphatic heterocycles. The van der Waals surface area contributed by atoms with Gasteiger partial charge in [-0.05, 0) is 112 Å². The van der Waals surface area contributed by atoms with Gasteiger partial charge in [0.25, 0.3) is 0 Å². The van der Waals surface area contributed by atoms with E-state index in [1.165, 1.54) is 66.8 Å². The summed E-state index contributed by atoms with van der Waals surface area (Å²) >= 11 is 0. The van der Waals surface area contributed by atoms with Crippen LogP contribution in [0, 0.1) is 55.4 Å². The van der Waals surface area contributed by atoms with Crippen LogP contribution in [0.5, 0.6) is 0 Å². The van der Waals surface area contributed by atoms with E-state index in [-0.39, 0.29) is 0 Å². The smallest absolute Gasteiger partial charge is 0.00142 e. The Morgan fingerprint density at radius 3 is 1.30 bits per heavy atom. The van der Waals surface area contributed by atoms with Gasteiger partial charge in [-0.2, -0.15) is 0 Å². The van der Waals surface area contributed by atoms with Crippen LogP contribution in [0.15, 0.2) is 36.4 Å². The molecule has 140 valence electrons. The number of rotatable bonds is 3. The Bertz CT molecular complexity index is 972. The van der Waals surface area contributed by atoms with Crippen molar-refractivity contribution in [3.05, 3.63) is 92.0 Å². The molecule has 0 aliphatic rings. The van der Waals surface area contributed by atoms with Crippen LogP contribution >= 0.6 is 0 Å². The number of hydrogen-bond donors (Lipinski definition) is 0. The topological polar surface area (TPSA) is 0 Å². The van der Waals surface area contributed by atoms with Gasteiger partial charge in [-0.3, -0.25) is 0 Å². The molecule has 0 aromatic heterocycles. The first-order chi connectivity index (χ1) is 12.7. The van der Waals surface area contributed by atoms with Crippen LogP contribution in [0.2, 0.25) is 0 Å². The quantitative estimate of drug-likeness (QED) is 0.458. The maximum Gasteiger partial charge on any atom is -0.00142 e. The van der Waals surface area contributed by atoms with Gasteiger partial charge >= 0.3 is 0 Å². The standard InChI is InChI=1S/C27H32/c1-16-9-19(4)25(20(5)10-16)15-24-14-18(3)13-23(8)27(24)26-21(6)11-17(2)12-22(26)7/h9-14H,15H2,1-8H3. The lowest BCUT2D eigenvalue weighted by Crippen LogP contribution is -2.03. The van der Waals surface area contributed by atoms with Gasteiger partial charge in [0, 0.05) is 0 Å². The molecule has 0 aliphatic carbocycles. The first-order valence-electron chi connectivity index (χ1n) is 9.92. The first kappa shape index (κ1) is 19.4. The molecule has 0 heterocycles. The highest BCUT2D eigenvalue weighted by Crippen LogP contribution is 2.36. The minimum atomic E-state index is 0.989. The molecule has 0 heteroatoms. The number of aryl methyl sites for hydroxylation is 8. The van der Waals surface area contributed by atoms with Gasteiger partial charge in [0.1, 0.15) is 0 Å². The number of benzene rings is 3. The van der Waals surface area contributed by atoms with Gasteiger partial charge in [0.15, 0.2) is 0 Å². The van der Waals surface area contributed by atoms with E-state index >= 15 is 0 Å². The van der Waals surface area contributed by atoms with Crippen molar-refractivity contribution in [3.8, 4) is 11.1 Å². The van der Waals surface area contributed by atoms with E-state index in [9.17, 15) is 0 Å². The van der Waals surface area contributed by atoms with Crippen LogP contribution in [0.4, 0.5) is 0 Å². The van der Waals surface area contributed by atoms with E-state index in [0.717, 1.165) is 6.42 Å². The molecule has 0 nitrogen and oxygen atoms in total. The first-order valence-corrected chi connectivity index (χ1v) is 9.92. The van der Waals surface area contributed by atoms with E-state index in [1.54, 1.807) is 0 Å². The predicted molar refractivity (Wildman–Crippen MR) is 119 cm³/mol. The largest absolute Gasteiger partial charge is 0.0561 e. The summed E-state index contributed by atoms with van der Waals surface area (Å²) in [4.78, 5) is 0. The second-order valence-corrected chi connectivity index (χ2v) is 8.44. The fraction of sp³-hybridized carbons (Fsp3) is 0.333. The third kappa shape index (κ3) is 3.86. The Kier molecular flexibility index (Phi) is 5.29. The van der Waals surface area contributed by atoms with E-state index in [0.29, 0.717) is 0 Å². The van der Waals surface area contributed by atoms with Crippen molar-refractivity contribution in [1.82, 2.24) is 0 Å². The summed E-state index contributed by atoms with van der Waals surface area (Å²) < 4.78 is 0. The molecule has 0 unspecified atom stereocenters. The molecule has 3 rings (SSSR count). The highest BCUT2D eigenvalue weighted by Gasteiger charge is 2.16. The van der Waals surface area contributed by atoms with E-state index in [4.69, 9.17) is 0 Å². The Balaban J connectivity index is 2.24. The highest BCUT2D eigenvalue weighted by molar-refractivity contribution is 5.78. The van der Waals surface area contributed by atoms with Crippen molar-refractivity contribution in [2.45, 2.75) is 61.8 Å². The molecule has 0 spiro atoms. The van der Waals surface area contributed by atoms with Crippen LogP contribution < -0.4 is 0 Å². The van der Waals surface area contributed by atoms with Crippen molar-refractivity contribution in [2.75, 3.05) is 0 Å². The summed E-state index contributed by atoms with van der Waals surface area (Å²) in [5.41, 5.74) is 16.7. The number of hydrogen-bond acceptors (Lipinski definition) is 0. The molecular weight excluding hydrogens is 324 g/mol. The summed E-state index contributed by atoms with van der Waals surface area (Å²) in [5.74, 6) is 0. The molecule has 0 amide bonds. The van der Waals surface area contributed by atoms with Crippen LogP contribution in [-0.2, 0) is 6.42 Å². The van der Waals surface area contributed by atoms with Crippen LogP contribution in [0.3, 0.4) is 0 Å². The Morgan fingerprint density at radius 2 is 0.815 bits per heavy atom. The Labute approximate surface area is 165 Å². The zero-order valence-corrected chi connectivity index (χ0v) is 18.2. The fourth-order valence-electron chi connectivity index (χ4n) is 4.81. The lowest BCUT2D eigenvalue weighted by atomic mass is 9.84. The van der Waals surface area contributed by atoms with Crippen molar-refractivity contribution >= 4 is 0 Å². The maximum atomic E-state index is 2.39. The summed E-state index contributed by atoms with van der Waals surface area (Å²) in [5, 5.41) is 0. The second-order valence-electron chi connectivity index (χ2n) is 8.44. The lowest BCUT2D eigenvalue weighted by molar-refractivity contribution is 1.10. The predicted octanol–water partition coefficient (Wildman–Crippen LogP) is 7.41. The van der Waals surface area contributed by atoms with Crippen LogP contribution in [0.25, 0.3) is 11.1 Å². The van der Waals surface area contributed by atoms with Gasteiger partial charge in [-0.1, -0.05) is 53.1 Å². The molecule has 3 aromatic rings. The molecular formula is C27H32. The van der Waals surface area contributed by atoms with E-state index in [1.807, 2.05) is 0 Å². The van der Waals surface area contributed by atoms with Crippen LogP contribution in [0.1, 0.15) is 55.6 Å². The van der Waals surface area contributed by atoms with Crippen molar-refractivity contribution < 1.29 is 0 Å². The molecule has 27 heavy (non-hydrogen) atoms. The van der Waals surface area contributed by atoms with Crippen molar-refractivity contribution in [3.63, 3.8) is 0 Å². The summed E-state index contributed by atoms with van der Waals surface area (Å²) in [6.07, 6.45) is 0.989. The molecule has 0 fully saturated rings. The fourth-order valence-corrected chi connectivity index (χ4v) is 4.81. The Morgan fingerprint density at radius 1 is 0.444 bits per heavy atom. The highest BCUT2D eigenvalue weighted by atomic mass is 14.2. The van der Waals surface area contributed by atoms with Gasteiger partial charge in [-0.25, -0.2) is 0 Å². The van der Waals surface area contributed by atoms with Gasteiger partial charge in [0.2, 0.25) is 0 Å². The molecule has 0 bridgehead atoms. The van der Waals surface area contributed by atoms with Gasteiger partial charge < -0.3 is 0 Å². The Hall–Kier alpha value is -2.34. The zero-order valence-electron chi connectivity index (χ0n) is 18.2. The van der Waals surface area contributed by atoms with E-state index in [2.05, 4.69) is 91.8 Å². The van der Waals surface area contributed by atoms with Crippen molar-refractivity contribution in [2.24, 2.45) is 0 Å². The average Bonchev–Trinajstić information content (AvgIpc) is 2.52. The molecule has 3 aromatic carbocycles. The normalized spacial score (nSPS) is 11.1. The summed E-state index contributed by atoms with van der Waals surface area (Å²) in [7, 11) is 0. The molecule has 0 radical (unpaired) electrons. The molecule has 0 saturated carbocycles. The molecule has 0 N–H and O–H groups in total. The SMILES string of the molecule is Cc1cc(C)c(Cc2cc(C)cc(C)c2-c2c(C)cc(C)cc2C)c(C)c1. The lowest BCUT2D eigenvalue weighted by Gasteiger charge is -2.21. The second kappa shape index (κ2) is 7.35. The molecule has 0 saturated heterocycles. The van der Waals surface area contributed by atoms with Crippen LogP contribution in [-0.4, -0.2) is 0 Å². The minimum Gasteiger partial charge on any atom is -0.0561 e. The summed E-state index contributed by atoms with van der Waals surface area (Å²) in [6.45, 7) is 17.8. The van der Waals surface area contributed by atoms with Gasteiger partial charge in [-0.15, -0.1) is 0 Å². The third-order valence-electron chi connectivity index (χ3n) is 5.70.